The average molecular weight is 537 g/mol. The largest absolute Gasteiger partial charge is 0.507 e. The van der Waals surface area contributed by atoms with Crippen molar-refractivity contribution in [1.82, 2.24) is 4.98 Å². The Hall–Kier alpha value is -4.37. The summed E-state index contributed by atoms with van der Waals surface area (Å²) in [5, 5.41) is 11.6. The van der Waals surface area contributed by atoms with Crippen molar-refractivity contribution >= 4 is 40.7 Å². The van der Waals surface area contributed by atoms with Crippen LogP contribution in [-0.2, 0) is 14.3 Å². The highest BCUT2D eigenvalue weighted by Gasteiger charge is 2.48. The number of carbonyl (C=O) groups excluding carboxylic acids is 3. The van der Waals surface area contributed by atoms with Crippen LogP contribution < -0.4 is 14.4 Å². The Morgan fingerprint density at radius 3 is 2.29 bits per heavy atom. The molecule has 1 N–H and O–H groups in total. The van der Waals surface area contributed by atoms with Crippen LogP contribution >= 0.6 is 11.6 Å². The number of aliphatic hydroxyl groups excluding tert-OH is 1. The number of aliphatic hydroxyl groups is 1. The topological polar surface area (TPSA) is 115 Å². The maximum absolute atomic E-state index is 13.4. The number of halogens is 1. The van der Waals surface area contributed by atoms with Crippen LogP contribution in [0.3, 0.4) is 0 Å². The number of methoxy groups -OCH3 is 2. The number of Topliss-reactive ketones (excluding diaryl/α,β-unsaturated/α-hetero) is 1. The van der Waals surface area contributed by atoms with Gasteiger partial charge in [-0.2, -0.15) is 0 Å². The summed E-state index contributed by atoms with van der Waals surface area (Å²) in [5.41, 5.74) is 0.851. The molecule has 38 heavy (non-hydrogen) atoms. The molecule has 0 spiro atoms. The lowest BCUT2D eigenvalue weighted by Gasteiger charge is -2.25. The normalized spacial score (nSPS) is 16.6. The predicted octanol–water partition coefficient (Wildman–Crippen LogP) is 4.94. The van der Waals surface area contributed by atoms with Crippen LogP contribution in [0.25, 0.3) is 5.76 Å². The minimum atomic E-state index is -1.07. The van der Waals surface area contributed by atoms with Crippen LogP contribution in [-0.4, -0.2) is 48.1 Å². The van der Waals surface area contributed by atoms with Gasteiger partial charge in [0.15, 0.2) is 0 Å². The Morgan fingerprint density at radius 2 is 1.71 bits per heavy atom. The minimum absolute atomic E-state index is 0.101. The van der Waals surface area contributed by atoms with Gasteiger partial charge in [-0.1, -0.05) is 17.7 Å². The van der Waals surface area contributed by atoms with Crippen molar-refractivity contribution in [2.75, 3.05) is 19.1 Å². The van der Waals surface area contributed by atoms with Crippen molar-refractivity contribution in [3.63, 3.8) is 0 Å². The molecule has 3 aromatic rings. The van der Waals surface area contributed by atoms with Gasteiger partial charge in [-0.3, -0.25) is 19.5 Å². The van der Waals surface area contributed by atoms with Gasteiger partial charge >= 0.3 is 5.97 Å². The van der Waals surface area contributed by atoms with Gasteiger partial charge in [-0.05, 0) is 56.3 Å². The molecule has 1 saturated heterocycles. The number of ketones is 1. The molecule has 2 heterocycles. The van der Waals surface area contributed by atoms with Crippen LogP contribution in [0.2, 0.25) is 5.02 Å². The third kappa shape index (κ3) is 4.92. The SMILES string of the molecule is COc1cc(OC)c(/C(O)=C2\C(=O)C(=O)N(c3ccc(C(=O)OC(C)C)cc3)C2c2ccccn2)cc1Cl. The zero-order valence-corrected chi connectivity index (χ0v) is 21.9. The zero-order chi connectivity index (χ0) is 27.6. The van der Waals surface area contributed by atoms with Gasteiger partial charge in [-0.25, -0.2) is 4.79 Å². The third-order valence-corrected chi connectivity index (χ3v) is 6.16. The van der Waals surface area contributed by atoms with Crippen LogP contribution in [0, 0.1) is 0 Å². The van der Waals surface area contributed by atoms with E-state index in [1.807, 2.05) is 0 Å². The smallest absolute Gasteiger partial charge is 0.338 e. The molecular weight excluding hydrogens is 512 g/mol. The molecule has 1 amide bonds. The first-order valence-corrected chi connectivity index (χ1v) is 12.0. The number of amides is 1. The van der Waals surface area contributed by atoms with Crippen LogP contribution in [0.5, 0.6) is 11.5 Å². The van der Waals surface area contributed by atoms with Crippen molar-refractivity contribution in [3.05, 3.63) is 88.2 Å². The number of nitrogens with zero attached hydrogens (tertiary/aromatic N) is 2. The Balaban J connectivity index is 1.88. The van der Waals surface area contributed by atoms with Crippen LogP contribution in [0.1, 0.15) is 41.5 Å². The molecule has 0 radical (unpaired) electrons. The van der Waals surface area contributed by atoms with E-state index in [-0.39, 0.29) is 33.6 Å². The summed E-state index contributed by atoms with van der Waals surface area (Å²) in [4.78, 5) is 44.6. The van der Waals surface area contributed by atoms with E-state index in [4.69, 9.17) is 25.8 Å². The number of pyridine rings is 1. The van der Waals surface area contributed by atoms with Gasteiger partial charge in [0.1, 0.15) is 23.3 Å². The van der Waals surface area contributed by atoms with Crippen molar-refractivity contribution in [1.29, 1.82) is 0 Å². The number of benzene rings is 2. The van der Waals surface area contributed by atoms with Crippen molar-refractivity contribution in [2.24, 2.45) is 0 Å². The molecule has 1 fully saturated rings. The second-order valence-corrected chi connectivity index (χ2v) is 9.02. The number of hydrogen-bond acceptors (Lipinski definition) is 8. The van der Waals surface area contributed by atoms with E-state index < -0.39 is 29.5 Å². The van der Waals surface area contributed by atoms with E-state index in [0.29, 0.717) is 17.1 Å². The lowest BCUT2D eigenvalue weighted by molar-refractivity contribution is -0.132. The van der Waals surface area contributed by atoms with Gasteiger partial charge in [-0.15, -0.1) is 0 Å². The first kappa shape index (κ1) is 26.7. The number of rotatable bonds is 7. The lowest BCUT2D eigenvalue weighted by atomic mass is 9.97. The maximum Gasteiger partial charge on any atom is 0.338 e. The summed E-state index contributed by atoms with van der Waals surface area (Å²) < 4.78 is 15.8. The molecule has 1 aromatic heterocycles. The monoisotopic (exact) mass is 536 g/mol. The molecule has 2 aromatic carbocycles. The standard InChI is InChI=1S/C28H25ClN2O7/c1-15(2)38-28(35)16-8-10-17(11-9-16)31-24(20-7-5-6-12-30-20)23(26(33)27(31)34)25(32)18-13-19(29)22(37-4)14-21(18)36-3/h5-15,24,32H,1-4H3/b25-23+. The molecule has 4 rings (SSSR count). The van der Waals surface area contributed by atoms with E-state index >= 15 is 0 Å². The van der Waals surface area contributed by atoms with Gasteiger partial charge in [0.05, 0.1) is 47.7 Å². The second kappa shape index (κ2) is 10.9. The van der Waals surface area contributed by atoms with E-state index in [9.17, 15) is 19.5 Å². The fourth-order valence-electron chi connectivity index (χ4n) is 4.15. The quantitative estimate of drug-likeness (QED) is 0.195. The van der Waals surface area contributed by atoms with Gasteiger partial charge < -0.3 is 19.3 Å². The first-order valence-electron chi connectivity index (χ1n) is 11.6. The Bertz CT molecular complexity index is 1420. The Labute approximate surface area is 224 Å². The van der Waals surface area contributed by atoms with E-state index in [1.54, 1.807) is 32.0 Å². The van der Waals surface area contributed by atoms with Crippen LogP contribution in [0.4, 0.5) is 5.69 Å². The second-order valence-electron chi connectivity index (χ2n) is 8.61. The molecule has 9 nitrogen and oxygen atoms in total. The van der Waals surface area contributed by atoms with E-state index in [1.165, 1.54) is 61.7 Å². The molecule has 1 atom stereocenters. The fourth-order valence-corrected chi connectivity index (χ4v) is 4.39. The lowest BCUT2D eigenvalue weighted by Crippen LogP contribution is -2.29. The first-order chi connectivity index (χ1) is 18.2. The maximum atomic E-state index is 13.4. The zero-order valence-electron chi connectivity index (χ0n) is 21.1. The summed E-state index contributed by atoms with van der Waals surface area (Å²) in [6.07, 6.45) is 1.22. The molecular formula is C28H25ClN2O7. The highest BCUT2D eigenvalue weighted by molar-refractivity contribution is 6.51. The van der Waals surface area contributed by atoms with Crippen LogP contribution in [0.15, 0.2) is 66.4 Å². The number of ether oxygens (including phenoxy) is 3. The molecule has 0 saturated carbocycles. The van der Waals surface area contributed by atoms with Gasteiger partial charge in [0, 0.05) is 18.0 Å². The number of anilines is 1. The van der Waals surface area contributed by atoms with Crippen molar-refractivity contribution < 1.29 is 33.7 Å². The molecule has 1 aliphatic rings. The predicted molar refractivity (Wildman–Crippen MR) is 141 cm³/mol. The molecule has 1 aliphatic heterocycles. The molecule has 196 valence electrons. The van der Waals surface area contributed by atoms with Gasteiger partial charge in [0.25, 0.3) is 11.7 Å². The van der Waals surface area contributed by atoms with Crippen molar-refractivity contribution in [2.45, 2.75) is 26.0 Å². The summed E-state index contributed by atoms with van der Waals surface area (Å²) in [6, 6.07) is 12.9. The summed E-state index contributed by atoms with van der Waals surface area (Å²) >= 11 is 6.30. The van der Waals surface area contributed by atoms with E-state index in [0.717, 1.165) is 0 Å². The molecule has 10 heteroatoms. The van der Waals surface area contributed by atoms with Gasteiger partial charge in [0.2, 0.25) is 0 Å². The molecule has 0 aliphatic carbocycles. The molecule has 1 unspecified atom stereocenters. The average Bonchev–Trinajstić information content (AvgIpc) is 3.18. The molecule has 0 bridgehead atoms. The van der Waals surface area contributed by atoms with E-state index in [2.05, 4.69) is 4.98 Å². The number of carbonyl (C=O) groups is 3. The number of aromatic nitrogens is 1. The highest BCUT2D eigenvalue weighted by atomic mass is 35.5. The Morgan fingerprint density at radius 1 is 1.03 bits per heavy atom. The number of hydrogen-bond donors (Lipinski definition) is 1. The Kier molecular flexibility index (Phi) is 7.68. The summed E-state index contributed by atoms with van der Waals surface area (Å²) in [7, 11) is 2.82. The third-order valence-electron chi connectivity index (χ3n) is 5.87. The fraction of sp³-hybridized carbons (Fsp3) is 0.214. The summed E-state index contributed by atoms with van der Waals surface area (Å²) in [6.45, 7) is 3.48. The van der Waals surface area contributed by atoms with Crippen molar-refractivity contribution in [3.8, 4) is 11.5 Å². The summed E-state index contributed by atoms with van der Waals surface area (Å²) in [5.74, 6) is -2.31. The number of esters is 1. The highest BCUT2D eigenvalue weighted by Crippen LogP contribution is 2.44. The minimum Gasteiger partial charge on any atom is -0.507 e.